The van der Waals surface area contributed by atoms with E-state index in [0.717, 1.165) is 57.6 Å². The minimum absolute atomic E-state index is 0.190. The Labute approximate surface area is 121 Å². The van der Waals surface area contributed by atoms with Crippen LogP contribution in [0.2, 0.25) is 0 Å². The highest BCUT2D eigenvalue weighted by Crippen LogP contribution is 2.18. The van der Waals surface area contributed by atoms with Crippen molar-refractivity contribution in [2.45, 2.75) is 19.3 Å². The Balaban J connectivity index is 1.82. The molecule has 4 nitrogen and oxygen atoms in total. The number of methoxy groups -OCH3 is 1. The van der Waals surface area contributed by atoms with Gasteiger partial charge in [-0.1, -0.05) is 18.2 Å². The summed E-state index contributed by atoms with van der Waals surface area (Å²) in [6.07, 6.45) is 3.04. The first kappa shape index (κ1) is 15.0. The van der Waals surface area contributed by atoms with E-state index in [-0.39, 0.29) is 5.91 Å². The van der Waals surface area contributed by atoms with Gasteiger partial charge in [0.25, 0.3) is 5.91 Å². The highest BCUT2D eigenvalue weighted by atomic mass is 16.5. The fraction of sp³-hybridized carbons (Fsp3) is 0.562. The van der Waals surface area contributed by atoms with Crippen molar-refractivity contribution < 1.29 is 9.53 Å². The molecule has 0 atom stereocenters. The second-order valence-electron chi connectivity index (χ2n) is 5.15. The monoisotopic (exact) mass is 276 g/mol. The molecule has 1 aliphatic rings. The molecule has 110 valence electrons. The number of carbonyl (C=O) groups excluding carboxylic acids is 1. The number of nitrogens with zero attached hydrogens (tertiary/aromatic N) is 1. The van der Waals surface area contributed by atoms with Crippen LogP contribution in [-0.4, -0.2) is 50.7 Å². The Bertz CT molecular complexity index is 434. The second kappa shape index (κ2) is 8.02. The van der Waals surface area contributed by atoms with E-state index in [2.05, 4.69) is 11.4 Å². The number of rotatable bonds is 7. The zero-order valence-corrected chi connectivity index (χ0v) is 12.2. The lowest BCUT2D eigenvalue weighted by Crippen LogP contribution is -2.33. The van der Waals surface area contributed by atoms with Crippen molar-refractivity contribution in [1.82, 2.24) is 10.2 Å². The van der Waals surface area contributed by atoms with Gasteiger partial charge < -0.3 is 15.0 Å². The summed E-state index contributed by atoms with van der Waals surface area (Å²) < 4.78 is 4.98. The normalized spacial score (nSPS) is 15.1. The van der Waals surface area contributed by atoms with E-state index in [1.165, 1.54) is 5.56 Å². The molecule has 1 aromatic rings. The van der Waals surface area contributed by atoms with Gasteiger partial charge in [0.05, 0.1) is 6.61 Å². The summed E-state index contributed by atoms with van der Waals surface area (Å²) in [4.78, 5) is 14.5. The third-order valence-corrected chi connectivity index (χ3v) is 3.67. The molecule has 0 bridgehead atoms. The van der Waals surface area contributed by atoms with Crippen molar-refractivity contribution in [3.63, 3.8) is 0 Å². The standard InChI is InChI=1S/C16H24N2O2/c1-20-13-10-17-9-5-12-18-11-4-7-14-6-2-3-8-15(14)16(18)19/h2-3,6,8,17H,4-5,7,9-13H2,1H3. The van der Waals surface area contributed by atoms with Gasteiger partial charge in [-0.3, -0.25) is 4.79 Å². The van der Waals surface area contributed by atoms with Gasteiger partial charge in [0, 0.05) is 32.3 Å². The molecule has 0 spiro atoms. The van der Waals surface area contributed by atoms with E-state index in [1.54, 1.807) is 7.11 Å². The summed E-state index contributed by atoms with van der Waals surface area (Å²) in [5, 5.41) is 3.31. The molecule has 1 aromatic carbocycles. The van der Waals surface area contributed by atoms with Gasteiger partial charge in [-0.15, -0.1) is 0 Å². The summed E-state index contributed by atoms with van der Waals surface area (Å²) in [6, 6.07) is 7.99. The molecule has 1 amide bonds. The summed E-state index contributed by atoms with van der Waals surface area (Å²) in [6.45, 7) is 4.22. The van der Waals surface area contributed by atoms with Gasteiger partial charge in [0.15, 0.2) is 0 Å². The topological polar surface area (TPSA) is 41.6 Å². The van der Waals surface area contributed by atoms with Gasteiger partial charge in [-0.05, 0) is 37.4 Å². The predicted molar refractivity (Wildman–Crippen MR) is 80.0 cm³/mol. The third-order valence-electron chi connectivity index (χ3n) is 3.67. The molecule has 0 aromatic heterocycles. The molecule has 0 radical (unpaired) electrons. The molecule has 0 fully saturated rings. The lowest BCUT2D eigenvalue weighted by molar-refractivity contribution is 0.0759. The van der Waals surface area contributed by atoms with Crippen LogP contribution in [0.4, 0.5) is 0 Å². The quantitative estimate of drug-likeness (QED) is 0.771. The molecule has 1 aliphatic heterocycles. The highest BCUT2D eigenvalue weighted by molar-refractivity contribution is 5.96. The van der Waals surface area contributed by atoms with E-state index in [9.17, 15) is 4.79 Å². The zero-order valence-electron chi connectivity index (χ0n) is 12.2. The molecule has 1 heterocycles. The van der Waals surface area contributed by atoms with Gasteiger partial charge in [-0.2, -0.15) is 0 Å². The average molecular weight is 276 g/mol. The lowest BCUT2D eigenvalue weighted by atomic mass is 10.0. The fourth-order valence-corrected chi connectivity index (χ4v) is 2.59. The van der Waals surface area contributed by atoms with Crippen molar-refractivity contribution in [2.75, 3.05) is 39.9 Å². The molecule has 2 rings (SSSR count). The number of benzene rings is 1. The highest BCUT2D eigenvalue weighted by Gasteiger charge is 2.21. The van der Waals surface area contributed by atoms with Crippen molar-refractivity contribution in [2.24, 2.45) is 0 Å². The predicted octanol–water partition coefficient (Wildman–Crippen LogP) is 1.70. The third kappa shape index (κ3) is 4.05. The van der Waals surface area contributed by atoms with E-state index in [4.69, 9.17) is 4.74 Å². The number of carbonyl (C=O) groups is 1. The van der Waals surface area contributed by atoms with Gasteiger partial charge >= 0.3 is 0 Å². The molecule has 0 saturated heterocycles. The van der Waals surface area contributed by atoms with Crippen molar-refractivity contribution in [1.29, 1.82) is 0 Å². The van der Waals surface area contributed by atoms with E-state index in [1.807, 2.05) is 23.1 Å². The first-order valence-electron chi connectivity index (χ1n) is 7.40. The second-order valence-corrected chi connectivity index (χ2v) is 5.15. The first-order chi connectivity index (χ1) is 9.83. The Morgan fingerprint density at radius 1 is 1.30 bits per heavy atom. The molecule has 1 N–H and O–H groups in total. The van der Waals surface area contributed by atoms with E-state index in [0.29, 0.717) is 0 Å². The number of hydrogen-bond donors (Lipinski definition) is 1. The maximum atomic E-state index is 12.5. The lowest BCUT2D eigenvalue weighted by Gasteiger charge is -2.21. The smallest absolute Gasteiger partial charge is 0.254 e. The molecule has 0 saturated carbocycles. The van der Waals surface area contributed by atoms with Crippen LogP contribution in [0.5, 0.6) is 0 Å². The largest absolute Gasteiger partial charge is 0.383 e. The molecular formula is C16H24N2O2. The molecule has 20 heavy (non-hydrogen) atoms. The zero-order chi connectivity index (χ0) is 14.2. The Hall–Kier alpha value is -1.39. The van der Waals surface area contributed by atoms with Crippen molar-refractivity contribution >= 4 is 5.91 Å². The van der Waals surface area contributed by atoms with Crippen molar-refractivity contribution in [3.05, 3.63) is 35.4 Å². The number of fused-ring (bicyclic) bond motifs is 1. The minimum atomic E-state index is 0.190. The van der Waals surface area contributed by atoms with Crippen LogP contribution in [0, 0.1) is 0 Å². The number of hydrogen-bond acceptors (Lipinski definition) is 3. The summed E-state index contributed by atoms with van der Waals surface area (Å²) in [5.41, 5.74) is 2.08. The van der Waals surface area contributed by atoms with Crippen LogP contribution >= 0.6 is 0 Å². The minimum Gasteiger partial charge on any atom is -0.383 e. The Kier molecular flexibility index (Phi) is 6.02. The SMILES string of the molecule is COCCNCCCN1CCCc2ccccc2C1=O. The summed E-state index contributed by atoms with van der Waals surface area (Å²) >= 11 is 0. The van der Waals surface area contributed by atoms with Gasteiger partial charge in [-0.25, -0.2) is 0 Å². The van der Waals surface area contributed by atoms with Crippen LogP contribution in [0.15, 0.2) is 24.3 Å². The number of aryl methyl sites for hydroxylation is 1. The number of ether oxygens (including phenoxy) is 1. The molecule has 0 unspecified atom stereocenters. The molecule has 4 heteroatoms. The maximum absolute atomic E-state index is 12.5. The van der Waals surface area contributed by atoms with Crippen LogP contribution in [0.1, 0.15) is 28.8 Å². The Morgan fingerprint density at radius 3 is 3.00 bits per heavy atom. The number of nitrogens with one attached hydrogen (secondary N) is 1. The summed E-state index contributed by atoms with van der Waals surface area (Å²) in [5.74, 6) is 0.190. The molecule has 0 aliphatic carbocycles. The average Bonchev–Trinajstić information content (AvgIpc) is 2.63. The van der Waals surface area contributed by atoms with Crippen molar-refractivity contribution in [3.8, 4) is 0 Å². The summed E-state index contributed by atoms with van der Waals surface area (Å²) in [7, 11) is 1.70. The van der Waals surface area contributed by atoms with E-state index < -0.39 is 0 Å². The van der Waals surface area contributed by atoms with Gasteiger partial charge in [0.2, 0.25) is 0 Å². The van der Waals surface area contributed by atoms with Crippen LogP contribution in [0.3, 0.4) is 0 Å². The fourth-order valence-electron chi connectivity index (χ4n) is 2.59. The molecular weight excluding hydrogens is 252 g/mol. The number of amides is 1. The van der Waals surface area contributed by atoms with Gasteiger partial charge in [0.1, 0.15) is 0 Å². The maximum Gasteiger partial charge on any atom is 0.254 e. The van der Waals surface area contributed by atoms with E-state index >= 15 is 0 Å². The van der Waals surface area contributed by atoms with Crippen LogP contribution < -0.4 is 5.32 Å². The first-order valence-corrected chi connectivity index (χ1v) is 7.40. The van der Waals surface area contributed by atoms with Crippen LogP contribution in [0.25, 0.3) is 0 Å². The van der Waals surface area contributed by atoms with Crippen LogP contribution in [-0.2, 0) is 11.2 Å². The Morgan fingerprint density at radius 2 is 2.15 bits per heavy atom.